The van der Waals surface area contributed by atoms with Crippen molar-refractivity contribution in [1.29, 1.82) is 0 Å². The zero-order valence-corrected chi connectivity index (χ0v) is 5.06. The van der Waals surface area contributed by atoms with Gasteiger partial charge in [-0.2, -0.15) is 0 Å². The smallest absolute Gasteiger partial charge is 0.303 e. The topological polar surface area (TPSA) is 77.8 Å². The van der Waals surface area contributed by atoms with Crippen molar-refractivity contribution in [3.8, 4) is 0 Å². The van der Waals surface area contributed by atoms with Crippen LogP contribution >= 0.6 is 7.82 Å². The van der Waals surface area contributed by atoms with Gasteiger partial charge in [0.1, 0.15) is 0 Å². The number of rotatable bonds is 0. The van der Waals surface area contributed by atoms with Gasteiger partial charge in [-0.3, -0.25) is 0 Å². The van der Waals surface area contributed by atoms with Gasteiger partial charge in [-0.25, -0.2) is 4.57 Å². The van der Waals surface area contributed by atoms with E-state index < -0.39 is 7.82 Å². The van der Waals surface area contributed by atoms with E-state index in [1.807, 2.05) is 0 Å². The first kappa shape index (κ1) is 9.88. The Morgan fingerprint density at radius 1 is 1.17 bits per heavy atom. The Balaban J connectivity index is 0. The molecule has 0 aromatic rings. The second kappa shape index (κ2) is 2.83. The Morgan fingerprint density at radius 3 is 1.17 bits per heavy atom. The first-order valence-corrected chi connectivity index (χ1v) is 2.35. The van der Waals surface area contributed by atoms with Crippen LogP contribution in [-0.2, 0) is 24.0 Å². The summed E-state index contributed by atoms with van der Waals surface area (Å²) < 4.78 is 8.88. The molecule has 0 fully saturated rings. The summed E-state index contributed by atoms with van der Waals surface area (Å²) in [5.74, 6) is 0. The molecule has 3 N–H and O–H groups in total. The molecule has 41 valence electrons. The third kappa shape index (κ3) is 123. The second-order valence-electron chi connectivity index (χ2n) is 0.513. The molecule has 0 aliphatic heterocycles. The molecule has 0 aliphatic rings. The normalized spacial score (nSPS) is 9.83. The van der Waals surface area contributed by atoms with E-state index in [9.17, 15) is 0 Å². The summed E-state index contributed by atoms with van der Waals surface area (Å²) in [7, 11) is -4.64. The van der Waals surface area contributed by atoms with Crippen LogP contribution in [0.4, 0.5) is 0 Å². The van der Waals surface area contributed by atoms with Gasteiger partial charge in [0.2, 0.25) is 0 Å². The van der Waals surface area contributed by atoms with Gasteiger partial charge in [0.05, 0.1) is 0 Å². The van der Waals surface area contributed by atoms with Crippen LogP contribution < -0.4 is 0 Å². The first-order valence-electron chi connectivity index (χ1n) is 0.783. The SMILES string of the molecule is O=P(O)(O)O.[Rh]. The molecule has 6 heavy (non-hydrogen) atoms. The van der Waals surface area contributed by atoms with E-state index in [0.29, 0.717) is 0 Å². The molecule has 1 radical (unpaired) electrons. The monoisotopic (exact) mass is 201 g/mol. The minimum atomic E-state index is -4.64. The molecule has 0 aromatic heterocycles. The predicted molar refractivity (Wildman–Crippen MR) is 14.3 cm³/mol. The largest absolute Gasteiger partial charge is 0.466 e. The first-order chi connectivity index (χ1) is 2.00. The van der Waals surface area contributed by atoms with Gasteiger partial charge >= 0.3 is 7.82 Å². The second-order valence-corrected chi connectivity index (χ2v) is 1.54. The number of hydrogen-bond acceptors (Lipinski definition) is 1. The zero-order valence-electron chi connectivity index (χ0n) is 2.53. The minimum Gasteiger partial charge on any atom is -0.303 e. The Labute approximate surface area is 47.2 Å². The predicted octanol–water partition coefficient (Wildman–Crippen LogP) is -0.931. The van der Waals surface area contributed by atoms with E-state index in [1.165, 1.54) is 0 Å². The Bertz CT molecular complexity index is 53.7. The van der Waals surface area contributed by atoms with E-state index in [4.69, 9.17) is 19.2 Å². The molecule has 0 bridgehead atoms. The van der Waals surface area contributed by atoms with E-state index in [-0.39, 0.29) is 19.5 Å². The molecule has 0 spiro atoms. The molecule has 6 heteroatoms. The van der Waals surface area contributed by atoms with Gasteiger partial charge in [-0.1, -0.05) is 0 Å². The van der Waals surface area contributed by atoms with Crippen LogP contribution in [0.2, 0.25) is 0 Å². The maximum absolute atomic E-state index is 8.88. The van der Waals surface area contributed by atoms with Crippen LogP contribution in [0.25, 0.3) is 0 Å². The molecule has 0 aromatic carbocycles. The van der Waals surface area contributed by atoms with Gasteiger partial charge in [0.25, 0.3) is 0 Å². The Morgan fingerprint density at radius 2 is 1.17 bits per heavy atom. The quantitative estimate of drug-likeness (QED) is 0.349. The standard InChI is InChI=1S/H3O4P.Rh/c1-5(2,3)4;/h(H3,1,2,3,4);. The molecule has 0 rings (SSSR count). The van der Waals surface area contributed by atoms with E-state index in [0.717, 1.165) is 0 Å². The third-order valence-corrected chi connectivity index (χ3v) is 0. The maximum Gasteiger partial charge on any atom is 0.466 e. The molecule has 0 aliphatic carbocycles. The van der Waals surface area contributed by atoms with Gasteiger partial charge in [-0.15, -0.1) is 0 Å². The van der Waals surface area contributed by atoms with E-state index in [1.54, 1.807) is 0 Å². The molecule has 4 nitrogen and oxygen atoms in total. The zero-order chi connectivity index (χ0) is 4.50. The van der Waals surface area contributed by atoms with Crippen LogP contribution in [0, 0.1) is 0 Å². The van der Waals surface area contributed by atoms with Gasteiger partial charge < -0.3 is 14.7 Å². The average Bonchev–Trinajstić information content (AvgIpc) is 0.722. The van der Waals surface area contributed by atoms with Gasteiger partial charge in [-0.05, 0) is 0 Å². The Hall–Kier alpha value is 0.733. The molecule has 0 saturated carbocycles. The average molecular weight is 201 g/mol. The van der Waals surface area contributed by atoms with Crippen molar-refractivity contribution >= 4 is 7.82 Å². The molecular formula is H3O4PRh. The van der Waals surface area contributed by atoms with Crippen molar-refractivity contribution < 1.29 is 38.7 Å². The summed E-state index contributed by atoms with van der Waals surface area (Å²) in [6, 6.07) is 0. The fourth-order valence-corrected chi connectivity index (χ4v) is 0. The van der Waals surface area contributed by atoms with Crippen molar-refractivity contribution in [2.75, 3.05) is 0 Å². The van der Waals surface area contributed by atoms with Gasteiger partial charge in [0, 0.05) is 19.5 Å². The van der Waals surface area contributed by atoms with E-state index >= 15 is 0 Å². The van der Waals surface area contributed by atoms with Crippen molar-refractivity contribution in [3.05, 3.63) is 0 Å². The number of hydrogen-bond donors (Lipinski definition) is 3. The summed E-state index contributed by atoms with van der Waals surface area (Å²) >= 11 is 0. The van der Waals surface area contributed by atoms with Crippen LogP contribution in [-0.4, -0.2) is 14.7 Å². The fourth-order valence-electron chi connectivity index (χ4n) is 0. The van der Waals surface area contributed by atoms with E-state index in [2.05, 4.69) is 0 Å². The van der Waals surface area contributed by atoms with Crippen LogP contribution in [0.1, 0.15) is 0 Å². The fraction of sp³-hybridized carbons (Fsp3) is 0. The molecule has 0 saturated heterocycles. The Kier molecular flexibility index (Phi) is 4.66. The van der Waals surface area contributed by atoms with Crippen LogP contribution in [0.5, 0.6) is 0 Å². The molecule has 0 heterocycles. The van der Waals surface area contributed by atoms with Crippen LogP contribution in [0.3, 0.4) is 0 Å². The van der Waals surface area contributed by atoms with Crippen molar-refractivity contribution in [2.24, 2.45) is 0 Å². The number of phosphoric acid groups is 1. The van der Waals surface area contributed by atoms with Crippen molar-refractivity contribution in [2.45, 2.75) is 0 Å². The summed E-state index contributed by atoms with van der Waals surface area (Å²) in [4.78, 5) is 21.6. The summed E-state index contributed by atoms with van der Waals surface area (Å²) in [5, 5.41) is 0. The van der Waals surface area contributed by atoms with Crippen molar-refractivity contribution in [1.82, 2.24) is 0 Å². The molecular weight excluding hydrogens is 198 g/mol. The van der Waals surface area contributed by atoms with Gasteiger partial charge in [0.15, 0.2) is 0 Å². The summed E-state index contributed by atoms with van der Waals surface area (Å²) in [6.07, 6.45) is 0. The third-order valence-electron chi connectivity index (χ3n) is 0. The summed E-state index contributed by atoms with van der Waals surface area (Å²) in [5.41, 5.74) is 0. The summed E-state index contributed by atoms with van der Waals surface area (Å²) in [6.45, 7) is 0. The molecule has 0 amide bonds. The maximum atomic E-state index is 8.88. The van der Waals surface area contributed by atoms with Crippen molar-refractivity contribution in [3.63, 3.8) is 0 Å². The van der Waals surface area contributed by atoms with Crippen LogP contribution in [0.15, 0.2) is 0 Å². The molecule has 0 unspecified atom stereocenters. The minimum absolute atomic E-state index is 0. The molecule has 0 atom stereocenters.